The minimum absolute atomic E-state index is 0.135. The van der Waals surface area contributed by atoms with Crippen LogP contribution in [0.5, 0.6) is 0 Å². The van der Waals surface area contributed by atoms with E-state index in [1.165, 1.54) is 0 Å². The van der Waals surface area contributed by atoms with Crippen LogP contribution in [-0.2, 0) is 4.84 Å². The third-order valence-corrected chi connectivity index (χ3v) is 3.02. The molecule has 1 aliphatic carbocycles. The van der Waals surface area contributed by atoms with Crippen molar-refractivity contribution in [3.05, 3.63) is 28.8 Å². The summed E-state index contributed by atoms with van der Waals surface area (Å²) in [4.78, 5) is 17.1. The number of hydroxylamine groups is 1. The first-order chi connectivity index (χ1) is 8.15. The Balaban J connectivity index is 1.94. The van der Waals surface area contributed by atoms with Crippen molar-refractivity contribution in [1.29, 1.82) is 0 Å². The van der Waals surface area contributed by atoms with Gasteiger partial charge < -0.3 is 5.73 Å². The van der Waals surface area contributed by atoms with Gasteiger partial charge in [-0.1, -0.05) is 24.4 Å². The van der Waals surface area contributed by atoms with Gasteiger partial charge in [-0.3, -0.25) is 9.63 Å². The lowest BCUT2D eigenvalue weighted by Gasteiger charge is -2.11. The van der Waals surface area contributed by atoms with Crippen LogP contribution >= 0.6 is 11.6 Å². The molecule has 0 spiro atoms. The van der Waals surface area contributed by atoms with E-state index < -0.39 is 0 Å². The van der Waals surface area contributed by atoms with Gasteiger partial charge >= 0.3 is 0 Å². The van der Waals surface area contributed by atoms with Crippen LogP contribution in [0.1, 0.15) is 36.0 Å². The Bertz CT molecular complexity index is 397. The third kappa shape index (κ3) is 3.35. The van der Waals surface area contributed by atoms with Crippen molar-refractivity contribution in [3.8, 4) is 0 Å². The molecule has 1 aromatic rings. The molecule has 0 saturated heterocycles. The quantitative estimate of drug-likeness (QED) is 0.644. The number of rotatable bonds is 3. The molecule has 0 aliphatic heterocycles. The molecule has 3 N–H and O–H groups in total. The van der Waals surface area contributed by atoms with Gasteiger partial charge in [-0.15, -0.1) is 0 Å². The molecule has 2 rings (SSSR count). The number of nitrogens with two attached hydrogens (primary N) is 1. The Morgan fingerprint density at radius 2 is 2.06 bits per heavy atom. The summed E-state index contributed by atoms with van der Waals surface area (Å²) in [5, 5.41) is 0.441. The van der Waals surface area contributed by atoms with E-state index in [0.29, 0.717) is 16.3 Å². The van der Waals surface area contributed by atoms with E-state index in [0.717, 1.165) is 25.7 Å². The van der Waals surface area contributed by atoms with Crippen LogP contribution in [-0.4, -0.2) is 12.0 Å². The minimum Gasteiger partial charge on any atom is -0.399 e. The maximum atomic E-state index is 11.8. The lowest BCUT2D eigenvalue weighted by molar-refractivity contribution is -0.0124. The summed E-state index contributed by atoms with van der Waals surface area (Å²) in [5.74, 6) is -0.314. The standard InChI is InChI=1S/C12H15ClN2O2/c13-9-5-8(6-10(14)7-9)12(16)15-17-11-3-1-2-4-11/h5-7,11H,1-4,14H2,(H,15,16). The zero-order valence-corrected chi connectivity index (χ0v) is 10.2. The van der Waals surface area contributed by atoms with Crippen LogP contribution in [0.15, 0.2) is 18.2 Å². The number of amides is 1. The van der Waals surface area contributed by atoms with Gasteiger partial charge in [0.15, 0.2) is 0 Å². The number of benzene rings is 1. The summed E-state index contributed by atoms with van der Waals surface area (Å²) in [6.07, 6.45) is 4.45. The molecule has 92 valence electrons. The van der Waals surface area contributed by atoms with E-state index in [-0.39, 0.29) is 12.0 Å². The first-order valence-corrected chi connectivity index (χ1v) is 6.05. The highest BCUT2D eigenvalue weighted by Gasteiger charge is 2.17. The van der Waals surface area contributed by atoms with Crippen LogP contribution in [0.4, 0.5) is 5.69 Å². The number of nitrogen functional groups attached to an aromatic ring is 1. The predicted molar refractivity (Wildman–Crippen MR) is 66.7 cm³/mol. The number of carbonyl (C=O) groups is 1. The van der Waals surface area contributed by atoms with E-state index in [1.807, 2.05) is 0 Å². The summed E-state index contributed by atoms with van der Waals surface area (Å²) in [6, 6.07) is 4.72. The third-order valence-electron chi connectivity index (χ3n) is 2.80. The molecule has 5 heteroatoms. The molecule has 0 radical (unpaired) electrons. The van der Waals surface area contributed by atoms with E-state index in [2.05, 4.69) is 5.48 Å². The Hall–Kier alpha value is -1.26. The largest absolute Gasteiger partial charge is 0.399 e. The number of carbonyl (C=O) groups excluding carboxylic acids is 1. The monoisotopic (exact) mass is 254 g/mol. The highest BCUT2D eigenvalue weighted by atomic mass is 35.5. The van der Waals surface area contributed by atoms with E-state index in [1.54, 1.807) is 18.2 Å². The van der Waals surface area contributed by atoms with Gasteiger partial charge in [0, 0.05) is 16.3 Å². The zero-order chi connectivity index (χ0) is 12.3. The van der Waals surface area contributed by atoms with Crippen molar-refractivity contribution >= 4 is 23.2 Å². The second-order valence-electron chi connectivity index (χ2n) is 4.23. The van der Waals surface area contributed by atoms with Gasteiger partial charge in [-0.25, -0.2) is 5.48 Å². The summed E-state index contributed by atoms with van der Waals surface area (Å²) in [5.41, 5.74) is 8.92. The van der Waals surface area contributed by atoms with Crippen molar-refractivity contribution in [2.24, 2.45) is 0 Å². The molecule has 0 unspecified atom stereocenters. The molecule has 4 nitrogen and oxygen atoms in total. The number of hydrogen-bond donors (Lipinski definition) is 2. The van der Waals surface area contributed by atoms with Crippen molar-refractivity contribution in [2.75, 3.05) is 5.73 Å². The van der Waals surface area contributed by atoms with Gasteiger partial charge in [-0.2, -0.15) is 0 Å². The fourth-order valence-electron chi connectivity index (χ4n) is 1.95. The highest BCUT2D eigenvalue weighted by molar-refractivity contribution is 6.31. The molecule has 0 bridgehead atoms. The molecule has 0 aromatic heterocycles. The summed E-state index contributed by atoms with van der Waals surface area (Å²) in [6.45, 7) is 0. The SMILES string of the molecule is Nc1cc(Cl)cc(C(=O)NOC2CCCC2)c1. The normalized spacial score (nSPS) is 16.1. The Morgan fingerprint density at radius 1 is 1.35 bits per heavy atom. The predicted octanol–water partition coefficient (Wildman–Crippen LogP) is 2.53. The molecular formula is C12H15ClN2O2. The number of anilines is 1. The van der Waals surface area contributed by atoms with Crippen molar-refractivity contribution in [3.63, 3.8) is 0 Å². The average Bonchev–Trinajstić information content (AvgIpc) is 2.77. The lowest BCUT2D eigenvalue weighted by Crippen LogP contribution is -2.28. The van der Waals surface area contributed by atoms with Crippen molar-refractivity contribution in [1.82, 2.24) is 5.48 Å². The molecule has 1 saturated carbocycles. The first-order valence-electron chi connectivity index (χ1n) is 5.67. The fourth-order valence-corrected chi connectivity index (χ4v) is 2.19. The molecule has 0 heterocycles. The van der Waals surface area contributed by atoms with Crippen LogP contribution in [0.25, 0.3) is 0 Å². The first kappa shape index (κ1) is 12.2. The molecule has 1 fully saturated rings. The zero-order valence-electron chi connectivity index (χ0n) is 9.41. The highest BCUT2D eigenvalue weighted by Crippen LogP contribution is 2.20. The smallest absolute Gasteiger partial charge is 0.274 e. The maximum absolute atomic E-state index is 11.8. The van der Waals surface area contributed by atoms with Gasteiger partial charge in [0.25, 0.3) is 5.91 Å². The van der Waals surface area contributed by atoms with Gasteiger partial charge in [-0.05, 0) is 31.0 Å². The van der Waals surface area contributed by atoms with Gasteiger partial charge in [0.05, 0.1) is 6.10 Å². The van der Waals surface area contributed by atoms with Crippen molar-refractivity contribution in [2.45, 2.75) is 31.8 Å². The van der Waals surface area contributed by atoms with E-state index >= 15 is 0 Å². The number of nitrogens with one attached hydrogen (secondary N) is 1. The maximum Gasteiger partial charge on any atom is 0.274 e. The van der Waals surface area contributed by atoms with Crippen LogP contribution in [0.3, 0.4) is 0 Å². The fraction of sp³-hybridized carbons (Fsp3) is 0.417. The van der Waals surface area contributed by atoms with Crippen LogP contribution in [0.2, 0.25) is 5.02 Å². The molecule has 1 amide bonds. The molecule has 1 aromatic carbocycles. The Morgan fingerprint density at radius 3 is 2.71 bits per heavy atom. The summed E-state index contributed by atoms with van der Waals surface area (Å²) in [7, 11) is 0. The van der Waals surface area contributed by atoms with Gasteiger partial charge in [0.1, 0.15) is 0 Å². The van der Waals surface area contributed by atoms with E-state index in [9.17, 15) is 4.79 Å². The average molecular weight is 255 g/mol. The molecule has 1 aliphatic rings. The van der Waals surface area contributed by atoms with E-state index in [4.69, 9.17) is 22.2 Å². The number of hydrogen-bond acceptors (Lipinski definition) is 3. The molecule has 17 heavy (non-hydrogen) atoms. The Labute approximate surface area is 105 Å². The number of halogens is 1. The minimum atomic E-state index is -0.314. The van der Waals surface area contributed by atoms with Crippen LogP contribution in [0, 0.1) is 0 Å². The Kier molecular flexibility index (Phi) is 3.86. The van der Waals surface area contributed by atoms with Crippen molar-refractivity contribution < 1.29 is 9.63 Å². The molecular weight excluding hydrogens is 240 g/mol. The van der Waals surface area contributed by atoms with Gasteiger partial charge in [0.2, 0.25) is 0 Å². The lowest BCUT2D eigenvalue weighted by atomic mass is 10.2. The second-order valence-corrected chi connectivity index (χ2v) is 4.67. The summed E-state index contributed by atoms with van der Waals surface area (Å²) < 4.78 is 0. The second kappa shape index (κ2) is 5.38. The summed E-state index contributed by atoms with van der Waals surface area (Å²) >= 11 is 5.82. The van der Waals surface area contributed by atoms with Crippen LogP contribution < -0.4 is 11.2 Å². The molecule has 0 atom stereocenters. The topological polar surface area (TPSA) is 64.4 Å².